The van der Waals surface area contributed by atoms with Crippen molar-refractivity contribution in [1.82, 2.24) is 0 Å². The number of nitrogens with zero attached hydrogens (tertiary/aromatic N) is 1. The Morgan fingerprint density at radius 3 is 0.814 bits per heavy atom. The van der Waals surface area contributed by atoms with Gasteiger partial charge in [0.05, 0.1) is 4.92 Å². The van der Waals surface area contributed by atoms with Crippen molar-refractivity contribution in [1.29, 1.82) is 0 Å². The number of rotatable bonds is 5. The fraction of sp³-hybridized carbons (Fsp3) is 0. The Morgan fingerprint density at radius 2 is 0.605 bits per heavy atom. The molecule has 0 fully saturated rings. The van der Waals surface area contributed by atoms with Crippen molar-refractivity contribution >= 4 is 33.7 Å². The first-order valence-electron chi connectivity index (χ1n) is 10.9. The van der Waals surface area contributed by atoms with Gasteiger partial charge in [0.15, 0.2) is 52.4 Å². The summed E-state index contributed by atoms with van der Waals surface area (Å²) < 4.78 is 221. The molecule has 43 heavy (non-hydrogen) atoms. The average Bonchev–Trinajstić information content (AvgIpc) is 2.98. The van der Waals surface area contributed by atoms with Crippen molar-refractivity contribution in [3.63, 3.8) is 0 Å². The molecule has 226 valence electrons. The normalized spacial score (nSPS) is 11.8. The van der Waals surface area contributed by atoms with Crippen molar-refractivity contribution in [3.8, 4) is 0 Å². The van der Waals surface area contributed by atoms with Crippen LogP contribution in [0.5, 0.6) is 0 Å². The van der Waals surface area contributed by atoms with Gasteiger partial charge in [0.2, 0.25) is 0 Å². The lowest BCUT2D eigenvalue weighted by molar-refractivity contribution is -0.384. The Morgan fingerprint density at radius 1 is 0.395 bits per heavy atom. The molecule has 4 aromatic carbocycles. The van der Waals surface area contributed by atoms with Crippen LogP contribution >= 0.6 is 0 Å². The molecule has 0 bridgehead atoms. The van der Waals surface area contributed by atoms with E-state index in [0.29, 0.717) is 0 Å². The lowest BCUT2D eigenvalue weighted by Crippen LogP contribution is -2.79. The monoisotopic (exact) mass is 634 g/mol. The van der Waals surface area contributed by atoms with E-state index in [1.807, 2.05) is 0 Å². The highest BCUT2D eigenvalue weighted by molar-refractivity contribution is 7.20. The first-order valence-corrected chi connectivity index (χ1v) is 10.9. The van der Waals surface area contributed by atoms with E-state index in [-0.39, 0.29) is 24.3 Å². The summed E-state index contributed by atoms with van der Waals surface area (Å²) in [5.41, 5.74) is -11.3. The maximum Gasteiger partial charge on any atom is 0.269 e. The summed E-state index contributed by atoms with van der Waals surface area (Å²) in [6, 6.07) is 0.449. The molecule has 0 amide bonds. The number of nitro groups is 1. The minimum absolute atomic E-state index is 0.0340. The first kappa shape index (κ1) is 31.2. The maximum absolute atomic E-state index is 15.4. The van der Waals surface area contributed by atoms with E-state index in [0.717, 1.165) is 0 Å². The molecule has 0 atom stereocenters. The van der Waals surface area contributed by atoms with Crippen LogP contribution < -0.4 is 21.9 Å². The molecule has 0 heterocycles. The maximum atomic E-state index is 15.4. The van der Waals surface area contributed by atoms with Crippen molar-refractivity contribution in [2.45, 2.75) is 0 Å². The molecule has 0 unspecified atom stereocenters. The molecule has 0 radical (unpaired) electrons. The second-order valence-corrected chi connectivity index (χ2v) is 8.67. The number of non-ortho nitro benzene ring substituents is 1. The van der Waals surface area contributed by atoms with Gasteiger partial charge < -0.3 is 0 Å². The molecule has 0 N–H and O–H groups in total. The molecule has 0 saturated heterocycles. The van der Waals surface area contributed by atoms with Gasteiger partial charge in [-0.2, -0.15) is 5.46 Å². The van der Waals surface area contributed by atoms with Crippen LogP contribution in [0.2, 0.25) is 0 Å². The summed E-state index contributed by atoms with van der Waals surface area (Å²) in [4.78, 5) is 9.86. The van der Waals surface area contributed by atoms with Crippen molar-refractivity contribution in [3.05, 3.63) is 122 Å². The lowest BCUT2D eigenvalue weighted by Gasteiger charge is -2.44. The van der Waals surface area contributed by atoms with E-state index in [1.54, 1.807) is 0 Å². The van der Waals surface area contributed by atoms with E-state index in [4.69, 9.17) is 0 Å². The van der Waals surface area contributed by atoms with Crippen LogP contribution in [0.25, 0.3) is 0 Å². The highest BCUT2D eigenvalue weighted by Crippen LogP contribution is 2.28. The van der Waals surface area contributed by atoms with Gasteiger partial charge >= 0.3 is 0 Å². The Balaban J connectivity index is 2.54. The fourth-order valence-electron chi connectivity index (χ4n) is 4.82. The quantitative estimate of drug-likeness (QED) is 0.0771. The molecular formula is C24H4BF15NO2-. The van der Waals surface area contributed by atoms with Crippen LogP contribution in [0, 0.1) is 97.4 Å². The second-order valence-electron chi connectivity index (χ2n) is 8.67. The second kappa shape index (κ2) is 10.5. The molecule has 0 aliphatic rings. The van der Waals surface area contributed by atoms with Gasteiger partial charge in [0.1, 0.15) is 41.0 Å². The summed E-state index contributed by atoms with van der Waals surface area (Å²) >= 11 is 0. The molecule has 0 aliphatic heterocycles. The van der Waals surface area contributed by atoms with E-state index in [9.17, 15) is 49.6 Å². The van der Waals surface area contributed by atoms with Gasteiger partial charge in [-0.1, -0.05) is 12.1 Å². The van der Waals surface area contributed by atoms with Crippen LogP contribution in [-0.2, 0) is 0 Å². The number of benzene rings is 4. The van der Waals surface area contributed by atoms with Crippen molar-refractivity contribution in [2.24, 2.45) is 0 Å². The first-order chi connectivity index (χ1) is 19.9. The predicted octanol–water partition coefficient (Wildman–Crippen LogP) is 5.06. The minimum atomic E-state index is -5.98. The van der Waals surface area contributed by atoms with Crippen LogP contribution in [0.3, 0.4) is 0 Å². The number of hydrogen-bond donors (Lipinski definition) is 0. The smallest absolute Gasteiger partial charge is 0.258 e. The molecular weight excluding hydrogens is 630 g/mol. The SMILES string of the molecule is O=[N+]([O-])c1ccc([B-](c2c(F)c(F)c(F)c(F)c2F)(c2c(F)c(F)c(F)c(F)c2F)c2c(F)c(F)c(F)c(F)c2F)cc1. The van der Waals surface area contributed by atoms with E-state index in [2.05, 4.69) is 0 Å². The van der Waals surface area contributed by atoms with E-state index < -0.39 is 126 Å². The third kappa shape index (κ3) is 4.19. The zero-order chi connectivity index (χ0) is 32.5. The van der Waals surface area contributed by atoms with Gasteiger partial charge in [-0.25, -0.2) is 65.9 Å². The predicted molar refractivity (Wildman–Crippen MR) is 116 cm³/mol. The minimum Gasteiger partial charge on any atom is -0.258 e. The Bertz CT molecular complexity index is 1610. The zero-order valence-electron chi connectivity index (χ0n) is 19.8. The zero-order valence-corrected chi connectivity index (χ0v) is 19.8. The van der Waals surface area contributed by atoms with Gasteiger partial charge in [0.25, 0.3) is 5.69 Å². The molecule has 0 saturated carbocycles. The third-order valence-corrected chi connectivity index (χ3v) is 6.63. The third-order valence-electron chi connectivity index (χ3n) is 6.63. The van der Waals surface area contributed by atoms with E-state index in [1.165, 1.54) is 0 Å². The highest BCUT2D eigenvalue weighted by Gasteiger charge is 2.49. The van der Waals surface area contributed by atoms with Crippen LogP contribution in [0.1, 0.15) is 0 Å². The molecule has 3 nitrogen and oxygen atoms in total. The number of nitro benzene ring substituents is 1. The summed E-state index contributed by atoms with van der Waals surface area (Å²) in [5.74, 6) is -47.1. The Hall–Kier alpha value is -4.71. The largest absolute Gasteiger partial charge is 0.269 e. The van der Waals surface area contributed by atoms with Crippen LogP contribution in [-0.4, -0.2) is 11.1 Å². The van der Waals surface area contributed by atoms with E-state index >= 15 is 26.3 Å². The van der Waals surface area contributed by atoms with Crippen LogP contribution in [0.15, 0.2) is 24.3 Å². The average molecular weight is 634 g/mol. The highest BCUT2D eigenvalue weighted by atomic mass is 19.2. The topological polar surface area (TPSA) is 43.1 Å². The van der Waals surface area contributed by atoms with Gasteiger partial charge in [-0.3, -0.25) is 10.1 Å². The standard InChI is InChI=1S/C24H4BF15NO2/c26-10-7(11(27)17(33)22(38)16(10)32)25(5-1-3-6(4-2-5)41(42)43,8-12(28)18(34)23(39)19(35)13(8)29)9-14(30)20(36)24(40)21(37)15(9)31/h1-4H/q-1. The summed E-state index contributed by atoms with van der Waals surface area (Å²) in [6.07, 6.45) is -5.98. The fourth-order valence-corrected chi connectivity index (χ4v) is 4.82. The summed E-state index contributed by atoms with van der Waals surface area (Å²) in [6.45, 7) is 0. The Labute approximate surface area is 226 Å². The molecule has 4 aromatic rings. The molecule has 0 aromatic heterocycles. The number of hydrogen-bond acceptors (Lipinski definition) is 2. The lowest BCUT2D eigenvalue weighted by atomic mass is 9.12. The summed E-state index contributed by atoms with van der Waals surface area (Å²) in [7, 11) is 0. The summed E-state index contributed by atoms with van der Waals surface area (Å²) in [5, 5.41) is 11.1. The van der Waals surface area contributed by atoms with Gasteiger partial charge in [-0.05, 0) is 0 Å². The number of halogens is 15. The van der Waals surface area contributed by atoms with Crippen molar-refractivity contribution in [2.75, 3.05) is 0 Å². The van der Waals surface area contributed by atoms with Gasteiger partial charge in [-0.15, -0.1) is 16.4 Å². The molecule has 0 spiro atoms. The van der Waals surface area contributed by atoms with Crippen molar-refractivity contribution < 1.29 is 70.8 Å². The Kier molecular flexibility index (Phi) is 7.65. The van der Waals surface area contributed by atoms with Crippen LogP contribution in [0.4, 0.5) is 71.5 Å². The molecule has 0 aliphatic carbocycles. The molecule has 4 rings (SSSR count). The van der Waals surface area contributed by atoms with Gasteiger partial charge in [0, 0.05) is 12.1 Å². The molecule has 19 heteroatoms.